The number of benzene rings is 1. The van der Waals surface area contributed by atoms with Crippen LogP contribution in [0.25, 0.3) is 0 Å². The Hall–Kier alpha value is -1.92. The van der Waals surface area contributed by atoms with Crippen LogP contribution in [0.5, 0.6) is 5.75 Å². The first-order valence-electron chi connectivity index (χ1n) is 7.94. The van der Waals surface area contributed by atoms with Gasteiger partial charge in [0, 0.05) is 38.0 Å². The van der Waals surface area contributed by atoms with Crippen LogP contribution in [0, 0.1) is 12.8 Å². The van der Waals surface area contributed by atoms with Crippen molar-refractivity contribution in [2.24, 2.45) is 5.92 Å². The van der Waals surface area contributed by atoms with Crippen molar-refractivity contribution in [3.63, 3.8) is 0 Å². The number of nitrogens with zero attached hydrogens (tertiary/aromatic N) is 3. The third kappa shape index (κ3) is 2.42. The highest BCUT2D eigenvalue weighted by Gasteiger charge is 2.55. The van der Waals surface area contributed by atoms with Crippen molar-refractivity contribution in [2.45, 2.75) is 18.9 Å². The summed E-state index contributed by atoms with van der Waals surface area (Å²) >= 11 is 0. The third-order valence-electron chi connectivity index (χ3n) is 4.98. The Morgan fingerprint density at radius 1 is 1.35 bits per heavy atom. The molecule has 2 fully saturated rings. The molecule has 0 aliphatic carbocycles. The molecule has 4 rings (SSSR count). The summed E-state index contributed by atoms with van der Waals surface area (Å²) in [5, 5.41) is 8.30. The molecule has 2 atom stereocenters. The maximum Gasteiger partial charge on any atom is 0.226 e. The number of hydrogen-bond donors (Lipinski definition) is 0. The lowest BCUT2D eigenvalue weighted by Crippen LogP contribution is -2.35. The molecule has 1 aromatic carbocycles. The highest BCUT2D eigenvalue weighted by Crippen LogP contribution is 2.43. The molecule has 2 aliphatic heterocycles. The first kappa shape index (κ1) is 14.7. The fraction of sp³-hybridized carbons (Fsp3) is 0.529. The van der Waals surface area contributed by atoms with Gasteiger partial charge in [-0.15, -0.1) is 10.2 Å². The molecule has 0 bridgehead atoms. The van der Waals surface area contributed by atoms with E-state index in [1.54, 1.807) is 7.11 Å². The van der Waals surface area contributed by atoms with Crippen LogP contribution >= 0.6 is 0 Å². The number of aryl methyl sites for hydroxylation is 1. The summed E-state index contributed by atoms with van der Waals surface area (Å²) in [6.07, 6.45) is 0. The number of aromatic nitrogens is 2. The summed E-state index contributed by atoms with van der Waals surface area (Å²) in [7, 11) is 1.72. The SMILES string of the molecule is COc1ccccc1CN1C[C@H]2COC[C@@]2(c2nnc(C)o2)C1. The summed E-state index contributed by atoms with van der Waals surface area (Å²) in [4.78, 5) is 2.44. The molecule has 0 amide bonds. The number of methoxy groups -OCH3 is 1. The molecule has 0 radical (unpaired) electrons. The van der Waals surface area contributed by atoms with Crippen LogP contribution < -0.4 is 4.74 Å². The van der Waals surface area contributed by atoms with E-state index in [0.717, 1.165) is 37.9 Å². The van der Waals surface area contributed by atoms with Gasteiger partial charge in [-0.1, -0.05) is 18.2 Å². The van der Waals surface area contributed by atoms with Crippen molar-refractivity contribution >= 4 is 0 Å². The Bertz CT molecular complexity index is 702. The Balaban J connectivity index is 1.58. The van der Waals surface area contributed by atoms with E-state index in [4.69, 9.17) is 13.9 Å². The molecule has 6 nitrogen and oxygen atoms in total. The topological polar surface area (TPSA) is 60.6 Å². The van der Waals surface area contributed by atoms with Crippen LogP contribution in [0.1, 0.15) is 17.3 Å². The summed E-state index contributed by atoms with van der Waals surface area (Å²) in [5.74, 6) is 2.67. The molecule has 2 saturated heterocycles. The first-order chi connectivity index (χ1) is 11.2. The van der Waals surface area contributed by atoms with Crippen molar-refractivity contribution in [3.05, 3.63) is 41.6 Å². The number of likely N-dealkylation sites (tertiary alicyclic amines) is 1. The van der Waals surface area contributed by atoms with Gasteiger partial charge in [-0.2, -0.15) is 0 Å². The lowest BCUT2D eigenvalue weighted by atomic mass is 9.81. The van der Waals surface area contributed by atoms with Gasteiger partial charge in [0.1, 0.15) is 5.75 Å². The van der Waals surface area contributed by atoms with E-state index in [1.165, 1.54) is 5.56 Å². The van der Waals surface area contributed by atoms with Crippen LogP contribution in [0.4, 0.5) is 0 Å². The number of fused-ring (bicyclic) bond motifs is 1. The summed E-state index contributed by atoms with van der Waals surface area (Å²) in [6.45, 7) is 5.94. The van der Waals surface area contributed by atoms with Gasteiger partial charge in [0.25, 0.3) is 0 Å². The zero-order valence-electron chi connectivity index (χ0n) is 13.5. The number of ether oxygens (including phenoxy) is 2. The van der Waals surface area contributed by atoms with Gasteiger partial charge in [0.05, 0.1) is 25.7 Å². The van der Waals surface area contributed by atoms with Crippen molar-refractivity contribution in [3.8, 4) is 5.75 Å². The van der Waals surface area contributed by atoms with Gasteiger partial charge in [0.15, 0.2) is 0 Å². The maximum atomic E-state index is 5.76. The minimum Gasteiger partial charge on any atom is -0.496 e. The Morgan fingerprint density at radius 2 is 2.22 bits per heavy atom. The zero-order valence-corrected chi connectivity index (χ0v) is 13.5. The van der Waals surface area contributed by atoms with Crippen LogP contribution in [-0.4, -0.2) is 48.5 Å². The standard InChI is InChI=1S/C17H21N3O3/c1-12-18-19-16(23-12)17-10-20(8-14(17)9-22-11-17)7-13-5-3-4-6-15(13)21-2/h3-6,14H,7-11H2,1-2H3/t14-,17-/m0/s1. The van der Waals surface area contributed by atoms with Crippen molar-refractivity contribution in [1.82, 2.24) is 15.1 Å². The molecule has 23 heavy (non-hydrogen) atoms. The Labute approximate surface area is 135 Å². The van der Waals surface area contributed by atoms with E-state index in [1.807, 2.05) is 19.1 Å². The minimum absolute atomic E-state index is 0.163. The van der Waals surface area contributed by atoms with Gasteiger partial charge in [-0.05, 0) is 6.07 Å². The number of hydrogen-bond acceptors (Lipinski definition) is 6. The van der Waals surface area contributed by atoms with Crippen LogP contribution in [0.2, 0.25) is 0 Å². The van der Waals surface area contributed by atoms with Gasteiger partial charge >= 0.3 is 0 Å². The van der Waals surface area contributed by atoms with E-state index < -0.39 is 0 Å². The summed E-state index contributed by atoms with van der Waals surface area (Å²) in [6, 6.07) is 8.17. The summed E-state index contributed by atoms with van der Waals surface area (Å²) in [5.41, 5.74) is 1.04. The van der Waals surface area contributed by atoms with Gasteiger partial charge in [0.2, 0.25) is 11.8 Å². The molecule has 0 spiro atoms. The molecule has 1 aromatic heterocycles. The Kier molecular flexibility index (Phi) is 3.58. The van der Waals surface area contributed by atoms with Crippen molar-refractivity contribution in [1.29, 1.82) is 0 Å². The summed E-state index contributed by atoms with van der Waals surface area (Å²) < 4.78 is 17.0. The monoisotopic (exact) mass is 315 g/mol. The highest BCUT2D eigenvalue weighted by atomic mass is 16.5. The van der Waals surface area contributed by atoms with Crippen LogP contribution in [-0.2, 0) is 16.7 Å². The lowest BCUT2D eigenvalue weighted by Gasteiger charge is -2.23. The second-order valence-electron chi connectivity index (χ2n) is 6.48. The van der Waals surface area contributed by atoms with E-state index in [2.05, 4.69) is 27.2 Å². The molecule has 2 aromatic rings. The largest absolute Gasteiger partial charge is 0.496 e. The van der Waals surface area contributed by atoms with Gasteiger partial charge in [-0.3, -0.25) is 4.90 Å². The number of rotatable bonds is 4. The van der Waals surface area contributed by atoms with E-state index in [-0.39, 0.29) is 5.41 Å². The molecule has 6 heteroatoms. The quantitative estimate of drug-likeness (QED) is 0.857. The van der Waals surface area contributed by atoms with E-state index >= 15 is 0 Å². The Morgan fingerprint density at radius 3 is 3.00 bits per heavy atom. The molecule has 3 heterocycles. The minimum atomic E-state index is -0.163. The predicted molar refractivity (Wildman–Crippen MR) is 83.3 cm³/mol. The second kappa shape index (κ2) is 5.62. The zero-order chi connectivity index (χ0) is 15.9. The molecular weight excluding hydrogens is 294 g/mol. The van der Waals surface area contributed by atoms with E-state index in [9.17, 15) is 0 Å². The highest BCUT2D eigenvalue weighted by molar-refractivity contribution is 5.33. The smallest absolute Gasteiger partial charge is 0.226 e. The van der Waals surface area contributed by atoms with E-state index in [0.29, 0.717) is 18.4 Å². The fourth-order valence-corrected chi connectivity index (χ4v) is 3.83. The molecule has 0 N–H and O–H groups in total. The van der Waals surface area contributed by atoms with Crippen molar-refractivity contribution in [2.75, 3.05) is 33.4 Å². The third-order valence-corrected chi connectivity index (χ3v) is 4.98. The lowest BCUT2D eigenvalue weighted by molar-refractivity contribution is 0.139. The first-order valence-corrected chi connectivity index (χ1v) is 7.94. The normalized spacial score (nSPS) is 27.3. The average molecular weight is 315 g/mol. The van der Waals surface area contributed by atoms with Gasteiger partial charge < -0.3 is 13.9 Å². The van der Waals surface area contributed by atoms with Crippen LogP contribution in [0.15, 0.2) is 28.7 Å². The molecule has 0 unspecified atom stereocenters. The molecule has 122 valence electrons. The maximum absolute atomic E-state index is 5.76. The van der Waals surface area contributed by atoms with Crippen LogP contribution in [0.3, 0.4) is 0 Å². The second-order valence-corrected chi connectivity index (χ2v) is 6.48. The van der Waals surface area contributed by atoms with Crippen molar-refractivity contribution < 1.29 is 13.9 Å². The fourth-order valence-electron chi connectivity index (χ4n) is 3.83. The average Bonchev–Trinajstić information content (AvgIpc) is 3.22. The molecule has 0 saturated carbocycles. The van der Waals surface area contributed by atoms with Gasteiger partial charge in [-0.25, -0.2) is 0 Å². The predicted octanol–water partition coefficient (Wildman–Crippen LogP) is 1.79. The molecular formula is C17H21N3O3. The number of para-hydroxylation sites is 1. The molecule has 2 aliphatic rings.